The van der Waals surface area contributed by atoms with Crippen molar-refractivity contribution in [3.05, 3.63) is 146 Å². The van der Waals surface area contributed by atoms with Gasteiger partial charge in [-0.3, -0.25) is 0 Å². The molecule has 9 rings (SSSR count). The summed E-state index contributed by atoms with van der Waals surface area (Å²) in [6.45, 7) is 0. The molecule has 0 radical (unpaired) electrons. The smallest absolute Gasteiger partial charge is 0.136 e. The van der Waals surface area contributed by atoms with E-state index in [1.54, 1.807) is 0 Å². The Morgan fingerprint density at radius 3 is 1.90 bits per heavy atom. The average Bonchev–Trinajstić information content (AvgIpc) is 3.43. The second kappa shape index (κ2) is 8.95. The number of hydrogen-bond donors (Lipinski definition) is 0. The minimum Gasteiger partial charge on any atom is -0.456 e. The van der Waals surface area contributed by atoms with Crippen molar-refractivity contribution in [2.75, 3.05) is 0 Å². The van der Waals surface area contributed by atoms with Gasteiger partial charge in [-0.2, -0.15) is 0 Å². The lowest BCUT2D eigenvalue weighted by molar-refractivity contribution is 0.487. The van der Waals surface area contributed by atoms with Crippen molar-refractivity contribution in [3.63, 3.8) is 0 Å². The van der Waals surface area contributed by atoms with Crippen LogP contribution in [0.4, 0.5) is 0 Å². The standard InChI is InChI=1S/C40H24O2/c1-3-12-36-32(10-1)34-20-19-29(24-39(34)42-36)26-17-15-25(16-18-26)27-7-5-8-28(21-27)31-22-30-9-6-14-38-40(30)35(23-31)33-11-2-4-13-37(33)41-38/h1-24H. The Morgan fingerprint density at radius 1 is 0.357 bits per heavy atom. The van der Waals surface area contributed by atoms with Crippen LogP contribution in [0, 0.1) is 0 Å². The third-order valence-electron chi connectivity index (χ3n) is 8.46. The monoisotopic (exact) mass is 536 g/mol. The maximum atomic E-state index is 6.24. The van der Waals surface area contributed by atoms with Gasteiger partial charge in [-0.1, -0.05) is 97.1 Å². The Morgan fingerprint density at radius 2 is 1.02 bits per heavy atom. The molecule has 7 aromatic carbocycles. The molecule has 42 heavy (non-hydrogen) atoms. The van der Waals surface area contributed by atoms with Gasteiger partial charge in [-0.15, -0.1) is 0 Å². The first-order valence-corrected chi connectivity index (χ1v) is 14.3. The van der Waals surface area contributed by atoms with Gasteiger partial charge in [-0.25, -0.2) is 0 Å². The largest absolute Gasteiger partial charge is 0.456 e. The normalized spacial score (nSPS) is 12.0. The molecule has 196 valence electrons. The van der Waals surface area contributed by atoms with Crippen LogP contribution >= 0.6 is 0 Å². The maximum Gasteiger partial charge on any atom is 0.136 e. The van der Waals surface area contributed by atoms with Gasteiger partial charge in [0, 0.05) is 21.7 Å². The fourth-order valence-electron chi connectivity index (χ4n) is 6.39. The molecular weight excluding hydrogens is 512 g/mol. The van der Waals surface area contributed by atoms with Gasteiger partial charge >= 0.3 is 0 Å². The van der Waals surface area contributed by atoms with Crippen LogP contribution in [-0.4, -0.2) is 0 Å². The van der Waals surface area contributed by atoms with Gasteiger partial charge < -0.3 is 9.15 Å². The van der Waals surface area contributed by atoms with Crippen molar-refractivity contribution < 1.29 is 9.15 Å². The van der Waals surface area contributed by atoms with E-state index in [4.69, 9.17) is 9.15 Å². The van der Waals surface area contributed by atoms with Crippen LogP contribution in [0.1, 0.15) is 0 Å². The first kappa shape index (κ1) is 23.1. The summed E-state index contributed by atoms with van der Waals surface area (Å²) in [5.74, 6) is 1.82. The predicted molar refractivity (Wildman–Crippen MR) is 173 cm³/mol. The summed E-state index contributed by atoms with van der Waals surface area (Å²) in [4.78, 5) is 0. The number of para-hydroxylation sites is 2. The summed E-state index contributed by atoms with van der Waals surface area (Å²) >= 11 is 0. The van der Waals surface area contributed by atoms with Crippen LogP contribution in [-0.2, 0) is 0 Å². The van der Waals surface area contributed by atoms with Gasteiger partial charge in [0.25, 0.3) is 0 Å². The number of fused-ring (bicyclic) bond motifs is 5. The fraction of sp³-hybridized carbons (Fsp3) is 0. The van der Waals surface area contributed by atoms with Crippen LogP contribution in [0.15, 0.2) is 150 Å². The quantitative estimate of drug-likeness (QED) is 0.224. The Hall–Kier alpha value is -5.60. The Bertz CT molecular complexity index is 2320. The lowest BCUT2D eigenvalue weighted by Gasteiger charge is -2.22. The topological polar surface area (TPSA) is 22.4 Å². The first-order chi connectivity index (χ1) is 20.8. The van der Waals surface area contributed by atoms with E-state index in [-0.39, 0.29) is 0 Å². The van der Waals surface area contributed by atoms with Crippen LogP contribution in [0.3, 0.4) is 0 Å². The minimum atomic E-state index is 0.906. The minimum absolute atomic E-state index is 0.906. The van der Waals surface area contributed by atoms with Crippen LogP contribution < -0.4 is 4.74 Å². The number of benzene rings is 7. The van der Waals surface area contributed by atoms with E-state index in [2.05, 4.69) is 121 Å². The molecule has 2 heteroatoms. The van der Waals surface area contributed by atoms with Gasteiger partial charge in [0.1, 0.15) is 22.7 Å². The highest BCUT2D eigenvalue weighted by Crippen LogP contribution is 2.48. The van der Waals surface area contributed by atoms with Gasteiger partial charge in [-0.05, 0) is 92.9 Å². The molecule has 0 amide bonds. The molecule has 8 aromatic rings. The second-order valence-electron chi connectivity index (χ2n) is 10.9. The SMILES string of the molecule is c1cc(-c2ccc(-c3ccc4c(c3)oc3ccccc34)cc2)cc(-c2cc3c4c(cccc4c2)Oc2ccccc2-3)c1. The van der Waals surface area contributed by atoms with E-state index < -0.39 is 0 Å². The third-order valence-corrected chi connectivity index (χ3v) is 8.46. The van der Waals surface area contributed by atoms with Gasteiger partial charge in [0.05, 0.1) is 0 Å². The molecule has 1 aromatic heterocycles. The highest BCUT2D eigenvalue weighted by atomic mass is 16.5. The molecule has 0 spiro atoms. The van der Waals surface area contributed by atoms with Crippen molar-refractivity contribution in [1.29, 1.82) is 0 Å². The van der Waals surface area contributed by atoms with E-state index in [1.807, 2.05) is 24.3 Å². The Kier molecular flexibility index (Phi) is 4.93. The molecule has 0 fully saturated rings. The average molecular weight is 537 g/mol. The number of ether oxygens (including phenoxy) is 1. The van der Waals surface area contributed by atoms with Crippen molar-refractivity contribution in [3.8, 4) is 56.0 Å². The van der Waals surface area contributed by atoms with E-state index in [0.29, 0.717) is 0 Å². The van der Waals surface area contributed by atoms with Crippen molar-refractivity contribution in [2.45, 2.75) is 0 Å². The van der Waals surface area contributed by atoms with Crippen LogP contribution in [0.25, 0.3) is 77.2 Å². The molecule has 0 N–H and O–H groups in total. The Labute approximate surface area is 243 Å². The zero-order valence-corrected chi connectivity index (χ0v) is 22.7. The highest BCUT2D eigenvalue weighted by Gasteiger charge is 2.20. The molecule has 0 aliphatic carbocycles. The lowest BCUT2D eigenvalue weighted by atomic mass is 9.90. The molecule has 2 nitrogen and oxygen atoms in total. The van der Waals surface area contributed by atoms with Crippen LogP contribution in [0.5, 0.6) is 11.5 Å². The molecule has 1 aliphatic heterocycles. The summed E-state index contributed by atoms with van der Waals surface area (Å²) in [7, 11) is 0. The summed E-state index contributed by atoms with van der Waals surface area (Å²) in [5.41, 5.74) is 11.3. The van der Waals surface area contributed by atoms with E-state index in [9.17, 15) is 0 Å². The van der Waals surface area contributed by atoms with Gasteiger partial charge in [0.15, 0.2) is 0 Å². The number of rotatable bonds is 3. The van der Waals surface area contributed by atoms with Crippen molar-refractivity contribution in [1.82, 2.24) is 0 Å². The number of hydrogen-bond acceptors (Lipinski definition) is 2. The molecule has 1 aliphatic rings. The van der Waals surface area contributed by atoms with E-state index in [0.717, 1.165) is 44.6 Å². The summed E-state index contributed by atoms with van der Waals surface area (Å²) in [6.07, 6.45) is 0. The fourth-order valence-corrected chi connectivity index (χ4v) is 6.39. The van der Waals surface area contributed by atoms with Gasteiger partial charge in [0.2, 0.25) is 0 Å². The molecule has 0 saturated heterocycles. The van der Waals surface area contributed by atoms with Crippen molar-refractivity contribution >= 4 is 32.7 Å². The Balaban J connectivity index is 1.09. The zero-order valence-electron chi connectivity index (χ0n) is 22.7. The predicted octanol–water partition coefficient (Wildman–Crippen LogP) is 11.5. The third kappa shape index (κ3) is 3.59. The molecule has 0 bridgehead atoms. The van der Waals surface area contributed by atoms with E-state index in [1.165, 1.54) is 44.2 Å². The maximum absolute atomic E-state index is 6.24. The first-order valence-electron chi connectivity index (χ1n) is 14.3. The lowest BCUT2D eigenvalue weighted by Crippen LogP contribution is -1.97. The molecular formula is C40H24O2. The second-order valence-corrected chi connectivity index (χ2v) is 10.9. The molecule has 0 atom stereocenters. The van der Waals surface area contributed by atoms with E-state index >= 15 is 0 Å². The zero-order chi connectivity index (χ0) is 27.6. The molecule has 0 unspecified atom stereocenters. The molecule has 2 heterocycles. The summed E-state index contributed by atoms with van der Waals surface area (Å²) < 4.78 is 12.4. The highest BCUT2D eigenvalue weighted by molar-refractivity contribution is 6.07. The number of furan rings is 1. The van der Waals surface area contributed by atoms with Crippen molar-refractivity contribution in [2.24, 2.45) is 0 Å². The van der Waals surface area contributed by atoms with Crippen LogP contribution in [0.2, 0.25) is 0 Å². The summed E-state index contributed by atoms with van der Waals surface area (Å²) in [5, 5.41) is 4.67. The molecule has 0 saturated carbocycles. The summed E-state index contributed by atoms with van der Waals surface area (Å²) in [6, 6.07) is 51.5.